The third kappa shape index (κ3) is 2.29. The van der Waals surface area contributed by atoms with Gasteiger partial charge in [0.15, 0.2) is 5.78 Å². The molecule has 0 aromatic heterocycles. The molecule has 0 aliphatic carbocycles. The number of fused-ring (bicyclic) bond motifs is 1. The third-order valence-corrected chi connectivity index (χ3v) is 3.82. The Bertz CT molecular complexity index is 662. The SMILES string of the molecule is Cc1ccc(C(=O)c2ccc3c(c2)COC3)cc1Cl. The van der Waals surface area contributed by atoms with Gasteiger partial charge in [-0.1, -0.05) is 35.9 Å². The zero-order chi connectivity index (χ0) is 13.4. The number of ketones is 1. The number of hydrogen-bond donors (Lipinski definition) is 0. The van der Waals surface area contributed by atoms with E-state index in [9.17, 15) is 4.79 Å². The van der Waals surface area contributed by atoms with Crippen LogP contribution in [0.15, 0.2) is 36.4 Å². The summed E-state index contributed by atoms with van der Waals surface area (Å²) in [5, 5.41) is 0.621. The lowest BCUT2D eigenvalue weighted by Gasteiger charge is -2.05. The van der Waals surface area contributed by atoms with Crippen molar-refractivity contribution in [3.63, 3.8) is 0 Å². The molecule has 0 bridgehead atoms. The van der Waals surface area contributed by atoms with Crippen molar-refractivity contribution in [1.29, 1.82) is 0 Å². The van der Waals surface area contributed by atoms with E-state index in [1.165, 1.54) is 5.56 Å². The molecular formula is C16H13ClO2. The van der Waals surface area contributed by atoms with E-state index in [-0.39, 0.29) is 5.78 Å². The van der Waals surface area contributed by atoms with Gasteiger partial charge in [0.25, 0.3) is 0 Å². The second kappa shape index (κ2) is 4.80. The number of aryl methyl sites for hydroxylation is 1. The standard InChI is InChI=1S/C16H13ClO2/c1-10-2-3-12(7-15(10)17)16(18)11-4-5-13-8-19-9-14(13)6-11/h2-7H,8-9H2,1H3. The second-order valence-electron chi connectivity index (χ2n) is 4.77. The summed E-state index contributed by atoms with van der Waals surface area (Å²) in [5.74, 6) is -0.00315. The van der Waals surface area contributed by atoms with Crippen LogP contribution in [0.4, 0.5) is 0 Å². The Morgan fingerprint density at radius 3 is 2.53 bits per heavy atom. The van der Waals surface area contributed by atoms with Crippen molar-refractivity contribution in [2.24, 2.45) is 0 Å². The van der Waals surface area contributed by atoms with E-state index in [2.05, 4.69) is 0 Å². The minimum absolute atomic E-state index is 0.00315. The van der Waals surface area contributed by atoms with E-state index in [4.69, 9.17) is 16.3 Å². The highest BCUT2D eigenvalue weighted by atomic mass is 35.5. The van der Waals surface area contributed by atoms with Crippen molar-refractivity contribution in [3.8, 4) is 0 Å². The Balaban J connectivity index is 1.97. The summed E-state index contributed by atoms with van der Waals surface area (Å²) in [6.45, 7) is 3.15. The van der Waals surface area contributed by atoms with E-state index < -0.39 is 0 Å². The van der Waals surface area contributed by atoms with Gasteiger partial charge in [-0.2, -0.15) is 0 Å². The van der Waals surface area contributed by atoms with Gasteiger partial charge in [0.2, 0.25) is 0 Å². The average Bonchev–Trinajstić information content (AvgIpc) is 2.88. The Morgan fingerprint density at radius 1 is 1.05 bits per heavy atom. The predicted molar refractivity (Wildman–Crippen MR) is 74.6 cm³/mol. The Kier molecular flexibility index (Phi) is 3.13. The first-order valence-electron chi connectivity index (χ1n) is 6.15. The van der Waals surface area contributed by atoms with E-state index >= 15 is 0 Å². The molecule has 0 saturated carbocycles. The first-order valence-corrected chi connectivity index (χ1v) is 6.53. The summed E-state index contributed by atoms with van der Waals surface area (Å²) in [6.07, 6.45) is 0. The molecule has 96 valence electrons. The van der Waals surface area contributed by atoms with E-state index in [1.807, 2.05) is 37.3 Å². The molecule has 2 aromatic rings. The zero-order valence-corrected chi connectivity index (χ0v) is 11.3. The molecule has 0 atom stereocenters. The minimum atomic E-state index is -0.00315. The van der Waals surface area contributed by atoms with Crippen LogP contribution < -0.4 is 0 Å². The fraction of sp³-hybridized carbons (Fsp3) is 0.188. The molecule has 19 heavy (non-hydrogen) atoms. The largest absolute Gasteiger partial charge is 0.372 e. The van der Waals surface area contributed by atoms with Crippen LogP contribution in [0.1, 0.15) is 32.6 Å². The molecule has 2 aromatic carbocycles. The van der Waals surface area contributed by atoms with Gasteiger partial charge in [-0.05, 0) is 35.7 Å². The molecule has 0 N–H and O–H groups in total. The maximum Gasteiger partial charge on any atom is 0.193 e. The Morgan fingerprint density at radius 2 is 1.74 bits per heavy atom. The Hall–Kier alpha value is -1.64. The highest BCUT2D eigenvalue weighted by molar-refractivity contribution is 6.31. The monoisotopic (exact) mass is 272 g/mol. The molecular weight excluding hydrogens is 260 g/mol. The van der Waals surface area contributed by atoms with Crippen molar-refractivity contribution < 1.29 is 9.53 Å². The maximum atomic E-state index is 12.4. The van der Waals surface area contributed by atoms with Crippen LogP contribution in [0.25, 0.3) is 0 Å². The summed E-state index contributed by atoms with van der Waals surface area (Å²) in [5.41, 5.74) is 4.54. The predicted octanol–water partition coefficient (Wildman–Crippen LogP) is 3.91. The molecule has 1 heterocycles. The van der Waals surface area contributed by atoms with Crippen LogP contribution in [0.2, 0.25) is 5.02 Å². The first kappa shape index (κ1) is 12.4. The van der Waals surface area contributed by atoms with Gasteiger partial charge in [0.05, 0.1) is 13.2 Å². The Labute approximate surface area is 117 Å². The molecule has 1 aliphatic rings. The quantitative estimate of drug-likeness (QED) is 0.775. The summed E-state index contributed by atoms with van der Waals surface area (Å²) in [6, 6.07) is 11.1. The fourth-order valence-corrected chi connectivity index (χ4v) is 2.39. The molecule has 0 amide bonds. The molecule has 2 nitrogen and oxygen atoms in total. The molecule has 0 unspecified atom stereocenters. The highest BCUT2D eigenvalue weighted by Gasteiger charge is 2.15. The zero-order valence-electron chi connectivity index (χ0n) is 10.6. The van der Waals surface area contributed by atoms with Crippen LogP contribution in [-0.4, -0.2) is 5.78 Å². The lowest BCUT2D eigenvalue weighted by atomic mass is 9.99. The van der Waals surface area contributed by atoms with Crippen molar-refractivity contribution in [2.45, 2.75) is 20.1 Å². The van der Waals surface area contributed by atoms with Crippen molar-refractivity contribution in [2.75, 3.05) is 0 Å². The first-order chi connectivity index (χ1) is 9.15. The molecule has 0 radical (unpaired) electrons. The number of halogens is 1. The maximum absolute atomic E-state index is 12.4. The van der Waals surface area contributed by atoms with Crippen molar-refractivity contribution in [3.05, 3.63) is 69.2 Å². The van der Waals surface area contributed by atoms with Gasteiger partial charge in [0, 0.05) is 16.1 Å². The number of rotatable bonds is 2. The number of ether oxygens (including phenoxy) is 1. The summed E-state index contributed by atoms with van der Waals surface area (Å²) in [4.78, 5) is 12.4. The number of carbonyl (C=O) groups excluding carboxylic acids is 1. The van der Waals surface area contributed by atoms with Crippen LogP contribution in [-0.2, 0) is 18.0 Å². The fourth-order valence-electron chi connectivity index (χ4n) is 2.21. The van der Waals surface area contributed by atoms with Gasteiger partial charge in [-0.3, -0.25) is 4.79 Å². The number of carbonyl (C=O) groups is 1. The lowest BCUT2D eigenvalue weighted by molar-refractivity contribution is 0.103. The molecule has 1 aliphatic heterocycles. The van der Waals surface area contributed by atoms with Crippen LogP contribution in [0.5, 0.6) is 0 Å². The average molecular weight is 273 g/mol. The van der Waals surface area contributed by atoms with E-state index in [0.29, 0.717) is 29.4 Å². The number of benzene rings is 2. The number of hydrogen-bond acceptors (Lipinski definition) is 2. The summed E-state index contributed by atoms with van der Waals surface area (Å²) in [7, 11) is 0. The van der Waals surface area contributed by atoms with Crippen LogP contribution >= 0.6 is 11.6 Å². The van der Waals surface area contributed by atoms with Crippen LogP contribution in [0.3, 0.4) is 0 Å². The van der Waals surface area contributed by atoms with E-state index in [0.717, 1.165) is 11.1 Å². The lowest BCUT2D eigenvalue weighted by Crippen LogP contribution is -2.02. The summed E-state index contributed by atoms with van der Waals surface area (Å²) >= 11 is 6.07. The van der Waals surface area contributed by atoms with Crippen LogP contribution in [0, 0.1) is 6.92 Å². The second-order valence-corrected chi connectivity index (χ2v) is 5.18. The van der Waals surface area contributed by atoms with Gasteiger partial charge in [-0.25, -0.2) is 0 Å². The normalized spacial score (nSPS) is 13.4. The van der Waals surface area contributed by atoms with Crippen molar-refractivity contribution >= 4 is 17.4 Å². The minimum Gasteiger partial charge on any atom is -0.372 e. The smallest absolute Gasteiger partial charge is 0.193 e. The van der Waals surface area contributed by atoms with Gasteiger partial charge < -0.3 is 4.74 Å². The molecule has 0 spiro atoms. The van der Waals surface area contributed by atoms with Gasteiger partial charge in [-0.15, -0.1) is 0 Å². The topological polar surface area (TPSA) is 26.3 Å². The molecule has 0 saturated heterocycles. The highest BCUT2D eigenvalue weighted by Crippen LogP contribution is 2.23. The van der Waals surface area contributed by atoms with Gasteiger partial charge in [0.1, 0.15) is 0 Å². The van der Waals surface area contributed by atoms with Gasteiger partial charge >= 0.3 is 0 Å². The molecule has 0 fully saturated rings. The molecule has 3 rings (SSSR count). The molecule has 3 heteroatoms. The van der Waals surface area contributed by atoms with E-state index in [1.54, 1.807) is 6.07 Å². The third-order valence-electron chi connectivity index (χ3n) is 3.42. The van der Waals surface area contributed by atoms with Crippen molar-refractivity contribution in [1.82, 2.24) is 0 Å². The summed E-state index contributed by atoms with van der Waals surface area (Å²) < 4.78 is 5.36.